The molecule has 6 heteroatoms. The molecule has 0 saturated carbocycles. The Kier molecular flexibility index (Phi) is 5.97. The number of benzene rings is 1. The maximum atomic E-state index is 13.0. The molecule has 0 aliphatic carbocycles. The highest BCUT2D eigenvalue weighted by molar-refractivity contribution is 5.68. The fourth-order valence-electron chi connectivity index (χ4n) is 2.89. The zero-order valence-electron chi connectivity index (χ0n) is 16.4. The van der Waals surface area contributed by atoms with E-state index in [1.165, 1.54) is 17.7 Å². The lowest BCUT2D eigenvalue weighted by atomic mass is 10.0. The molecule has 0 unspecified atom stereocenters. The summed E-state index contributed by atoms with van der Waals surface area (Å²) in [4.78, 5) is 17.8. The second kappa shape index (κ2) is 8.42. The second-order valence-electron chi connectivity index (χ2n) is 7.76. The minimum atomic E-state index is -0.479. The number of likely N-dealkylation sites (tertiary alicyclic amines) is 1. The molecule has 1 amide bonds. The highest BCUT2D eigenvalue weighted by Gasteiger charge is 2.24. The van der Waals surface area contributed by atoms with Crippen LogP contribution in [0.25, 0.3) is 6.08 Å². The van der Waals surface area contributed by atoms with Crippen molar-refractivity contribution in [2.24, 2.45) is 0 Å². The topological polar surface area (TPSA) is 51.7 Å². The summed E-state index contributed by atoms with van der Waals surface area (Å²) >= 11 is 0. The third kappa shape index (κ3) is 5.81. The van der Waals surface area contributed by atoms with Gasteiger partial charge in [-0.25, -0.2) is 14.2 Å². The normalized spacial score (nSPS) is 14.6. The van der Waals surface area contributed by atoms with E-state index in [4.69, 9.17) is 9.47 Å². The van der Waals surface area contributed by atoms with E-state index in [1.54, 1.807) is 4.90 Å². The molecular weight excluding hydrogens is 359 g/mol. The lowest BCUT2D eigenvalue weighted by Crippen LogP contribution is -2.40. The maximum absolute atomic E-state index is 13.0. The Balaban J connectivity index is 1.60. The van der Waals surface area contributed by atoms with Crippen LogP contribution in [-0.4, -0.2) is 34.7 Å². The van der Waals surface area contributed by atoms with Gasteiger partial charge in [-0.05, 0) is 57.4 Å². The van der Waals surface area contributed by atoms with Crippen LogP contribution in [0.2, 0.25) is 0 Å². The number of nitrogens with zero attached hydrogens (tertiary/aromatic N) is 2. The molecule has 1 fully saturated rings. The molecule has 2 heterocycles. The van der Waals surface area contributed by atoms with E-state index in [1.807, 2.05) is 45.0 Å². The molecule has 1 saturated heterocycles. The molecule has 1 aromatic carbocycles. The summed E-state index contributed by atoms with van der Waals surface area (Å²) in [5.74, 6) is 0.583. The highest BCUT2D eigenvalue weighted by atomic mass is 19.1. The molecule has 0 spiro atoms. The number of amides is 1. The lowest BCUT2D eigenvalue weighted by molar-refractivity contribution is 0.0237. The van der Waals surface area contributed by atoms with Crippen LogP contribution in [0.3, 0.4) is 0 Å². The molecule has 1 aliphatic rings. The van der Waals surface area contributed by atoms with Gasteiger partial charge in [-0.3, -0.25) is 0 Å². The number of aromatic nitrogens is 1. The van der Waals surface area contributed by atoms with Crippen molar-refractivity contribution in [1.29, 1.82) is 0 Å². The molecular formula is C22H25FN2O3. The summed E-state index contributed by atoms with van der Waals surface area (Å²) in [6.45, 7) is 6.91. The van der Waals surface area contributed by atoms with Crippen LogP contribution in [0.5, 0.6) is 11.6 Å². The van der Waals surface area contributed by atoms with Crippen molar-refractivity contribution in [2.45, 2.75) is 39.2 Å². The Hall–Kier alpha value is -2.89. The van der Waals surface area contributed by atoms with Crippen molar-refractivity contribution in [3.8, 4) is 11.6 Å². The molecule has 0 bridgehead atoms. The minimum Gasteiger partial charge on any atom is -0.444 e. The van der Waals surface area contributed by atoms with Crippen molar-refractivity contribution in [1.82, 2.24) is 9.88 Å². The van der Waals surface area contributed by atoms with Gasteiger partial charge >= 0.3 is 6.09 Å². The van der Waals surface area contributed by atoms with Crippen LogP contribution in [0.1, 0.15) is 39.2 Å². The predicted octanol–water partition coefficient (Wildman–Crippen LogP) is 5.43. The van der Waals surface area contributed by atoms with Gasteiger partial charge in [0, 0.05) is 19.2 Å². The number of halogens is 1. The molecule has 0 N–H and O–H groups in total. The summed E-state index contributed by atoms with van der Waals surface area (Å²) < 4.78 is 24.1. The molecule has 5 nitrogen and oxygen atoms in total. The summed E-state index contributed by atoms with van der Waals surface area (Å²) in [5.41, 5.74) is 1.81. The van der Waals surface area contributed by atoms with Gasteiger partial charge in [-0.1, -0.05) is 23.8 Å². The van der Waals surface area contributed by atoms with Gasteiger partial charge in [-0.15, -0.1) is 0 Å². The number of hydrogen-bond acceptors (Lipinski definition) is 4. The smallest absolute Gasteiger partial charge is 0.410 e. The van der Waals surface area contributed by atoms with Crippen LogP contribution in [0, 0.1) is 5.82 Å². The van der Waals surface area contributed by atoms with E-state index in [0.717, 1.165) is 24.6 Å². The summed E-state index contributed by atoms with van der Waals surface area (Å²) in [5, 5.41) is 0. The van der Waals surface area contributed by atoms with E-state index >= 15 is 0 Å². The zero-order chi connectivity index (χ0) is 20.1. The molecule has 0 atom stereocenters. The molecule has 2 aromatic rings. The fraction of sp³-hybridized carbons (Fsp3) is 0.364. The standard InChI is InChI=1S/C22H25FN2O3/c1-22(2,3)28-21(26)25-11-9-16(10-12-25)13-17-5-4-6-19(14-17)27-20-8-7-18(23)15-24-20/h4-8,13-15H,9-12H2,1-3H3. The Labute approximate surface area is 164 Å². The van der Waals surface area contributed by atoms with Gasteiger partial charge in [0.05, 0.1) is 6.20 Å². The van der Waals surface area contributed by atoms with E-state index in [2.05, 4.69) is 11.1 Å². The third-order valence-electron chi connectivity index (χ3n) is 4.21. The highest BCUT2D eigenvalue weighted by Crippen LogP contribution is 2.25. The fourth-order valence-corrected chi connectivity index (χ4v) is 2.89. The molecule has 3 rings (SSSR count). The number of rotatable bonds is 3. The summed E-state index contributed by atoms with van der Waals surface area (Å²) in [6, 6.07) is 10.5. The van der Waals surface area contributed by atoms with E-state index in [0.29, 0.717) is 24.7 Å². The average molecular weight is 384 g/mol. The first-order valence-electron chi connectivity index (χ1n) is 9.35. The molecule has 148 valence electrons. The largest absolute Gasteiger partial charge is 0.444 e. The van der Waals surface area contributed by atoms with Gasteiger partial charge in [0.1, 0.15) is 17.2 Å². The first-order valence-corrected chi connectivity index (χ1v) is 9.35. The number of ether oxygens (including phenoxy) is 2. The quantitative estimate of drug-likeness (QED) is 0.708. The minimum absolute atomic E-state index is 0.256. The third-order valence-corrected chi connectivity index (χ3v) is 4.21. The average Bonchev–Trinajstić information content (AvgIpc) is 2.63. The Morgan fingerprint density at radius 2 is 1.93 bits per heavy atom. The zero-order valence-corrected chi connectivity index (χ0v) is 16.4. The van der Waals surface area contributed by atoms with Crippen LogP contribution in [0.15, 0.2) is 48.2 Å². The second-order valence-corrected chi connectivity index (χ2v) is 7.76. The van der Waals surface area contributed by atoms with Crippen molar-refractivity contribution in [2.75, 3.05) is 13.1 Å². The Morgan fingerprint density at radius 1 is 1.18 bits per heavy atom. The Bertz CT molecular complexity index is 847. The van der Waals surface area contributed by atoms with Crippen LogP contribution < -0.4 is 4.74 Å². The first-order chi connectivity index (χ1) is 13.3. The van der Waals surface area contributed by atoms with Gasteiger partial charge in [0.25, 0.3) is 0 Å². The Morgan fingerprint density at radius 3 is 2.57 bits per heavy atom. The molecule has 1 aliphatic heterocycles. The molecule has 1 aromatic heterocycles. The number of hydrogen-bond donors (Lipinski definition) is 0. The van der Waals surface area contributed by atoms with Gasteiger partial charge < -0.3 is 14.4 Å². The van der Waals surface area contributed by atoms with Gasteiger partial charge in [0.2, 0.25) is 5.88 Å². The van der Waals surface area contributed by atoms with Crippen molar-refractivity contribution >= 4 is 12.2 Å². The van der Waals surface area contributed by atoms with E-state index in [9.17, 15) is 9.18 Å². The SMILES string of the molecule is CC(C)(C)OC(=O)N1CCC(=Cc2cccc(Oc3ccc(F)cn3)c2)CC1. The lowest BCUT2D eigenvalue weighted by Gasteiger charge is -2.31. The number of carbonyl (C=O) groups is 1. The monoisotopic (exact) mass is 384 g/mol. The van der Waals surface area contributed by atoms with Crippen LogP contribution >= 0.6 is 0 Å². The van der Waals surface area contributed by atoms with Crippen LogP contribution in [-0.2, 0) is 4.74 Å². The predicted molar refractivity (Wildman–Crippen MR) is 106 cm³/mol. The van der Waals surface area contributed by atoms with E-state index < -0.39 is 11.4 Å². The molecule has 0 radical (unpaired) electrons. The number of carbonyl (C=O) groups excluding carboxylic acids is 1. The van der Waals surface area contributed by atoms with Gasteiger partial charge in [0.15, 0.2) is 0 Å². The van der Waals surface area contributed by atoms with Crippen molar-refractivity contribution < 1.29 is 18.7 Å². The van der Waals surface area contributed by atoms with Crippen LogP contribution in [0.4, 0.5) is 9.18 Å². The molecule has 28 heavy (non-hydrogen) atoms. The number of pyridine rings is 1. The summed E-state index contributed by atoms with van der Waals surface area (Å²) in [6.07, 6.45) is 4.61. The summed E-state index contributed by atoms with van der Waals surface area (Å²) in [7, 11) is 0. The number of piperidine rings is 1. The first kappa shape index (κ1) is 19.9. The van der Waals surface area contributed by atoms with Crippen molar-refractivity contribution in [3.63, 3.8) is 0 Å². The van der Waals surface area contributed by atoms with E-state index in [-0.39, 0.29) is 6.09 Å². The van der Waals surface area contributed by atoms with Gasteiger partial charge in [-0.2, -0.15) is 0 Å². The maximum Gasteiger partial charge on any atom is 0.410 e. The van der Waals surface area contributed by atoms with Crippen molar-refractivity contribution in [3.05, 3.63) is 59.5 Å².